The van der Waals surface area contributed by atoms with Crippen molar-refractivity contribution < 1.29 is 42.9 Å². The maximum atomic E-state index is 12.7. The third-order valence-corrected chi connectivity index (χ3v) is 8.65. The van der Waals surface area contributed by atoms with E-state index in [9.17, 15) is 19.5 Å². The Balaban J connectivity index is 4.52. The number of nitrogens with zero attached hydrogens (tertiary/aromatic N) is 1. The Kier molecular flexibility index (Phi) is 33.8. The molecule has 0 aromatic rings. The summed E-state index contributed by atoms with van der Waals surface area (Å²) in [6, 6.07) is 0. The lowest BCUT2D eigenvalue weighted by atomic mass is 10.0. The summed E-state index contributed by atoms with van der Waals surface area (Å²) in [7, 11) is 5.89. The average molecular weight is 736 g/mol. The maximum absolute atomic E-state index is 12.7. The first-order chi connectivity index (χ1) is 25.1. The molecule has 0 aromatic heterocycles. The lowest BCUT2D eigenvalue weighted by Gasteiger charge is -2.26. The number of carboxylic acid groups (broad SMARTS) is 1. The van der Waals surface area contributed by atoms with Crippen molar-refractivity contribution in [2.45, 2.75) is 174 Å². The van der Waals surface area contributed by atoms with Gasteiger partial charge in [0.1, 0.15) is 13.2 Å². The minimum atomic E-state index is -1.62. The molecular weight excluding hydrogens is 658 g/mol. The Morgan fingerprint density at radius 3 is 1.63 bits per heavy atom. The van der Waals surface area contributed by atoms with Crippen molar-refractivity contribution in [1.29, 1.82) is 0 Å². The molecular formula is C43H77NO8. The number of ether oxygens (including phenoxy) is 4. The number of carbonyl (C=O) groups excluding carboxylic acids is 3. The highest BCUT2D eigenvalue weighted by atomic mass is 16.7. The molecule has 0 fully saturated rings. The van der Waals surface area contributed by atoms with Gasteiger partial charge >= 0.3 is 11.9 Å². The molecule has 2 unspecified atom stereocenters. The molecule has 52 heavy (non-hydrogen) atoms. The molecule has 0 heterocycles. The largest absolute Gasteiger partial charge is 0.545 e. The van der Waals surface area contributed by atoms with Crippen LogP contribution in [0.1, 0.15) is 162 Å². The molecule has 0 aliphatic rings. The van der Waals surface area contributed by atoms with Gasteiger partial charge in [-0.05, 0) is 44.9 Å². The molecule has 0 radical (unpaired) electrons. The second kappa shape index (κ2) is 35.5. The average Bonchev–Trinajstić information content (AvgIpc) is 3.09. The van der Waals surface area contributed by atoms with Crippen LogP contribution in [0.25, 0.3) is 0 Å². The molecule has 302 valence electrons. The standard InChI is InChI=1S/C43H77NO8/c1-6-8-10-12-14-16-18-20-21-22-24-26-28-30-32-34-41(46)52-39(38-51-43(42(47)48)49-36-35-44(3,4)5)37-50-40(45)33-31-29-27-25-23-19-17-15-13-11-9-7-2/h8,10,14,16,20-21,39,43H,6-7,9,11-13,15,17-19,22-38H2,1-5H3/b10-8-,16-14-,21-20-. The molecule has 0 aliphatic carbocycles. The fourth-order valence-electron chi connectivity index (χ4n) is 5.43. The summed E-state index contributed by atoms with van der Waals surface area (Å²) in [6.45, 7) is 4.59. The summed E-state index contributed by atoms with van der Waals surface area (Å²) in [5, 5.41) is 11.6. The van der Waals surface area contributed by atoms with Crippen molar-refractivity contribution in [2.75, 3.05) is 47.5 Å². The number of carboxylic acids is 1. The van der Waals surface area contributed by atoms with Crippen molar-refractivity contribution >= 4 is 17.9 Å². The Labute approximate surface area is 318 Å². The smallest absolute Gasteiger partial charge is 0.306 e. The Bertz CT molecular complexity index is 955. The molecule has 0 saturated carbocycles. The van der Waals surface area contributed by atoms with Gasteiger partial charge in [-0.25, -0.2) is 0 Å². The number of hydrogen-bond donors (Lipinski definition) is 0. The molecule has 0 N–H and O–H groups in total. The Morgan fingerprint density at radius 2 is 1.10 bits per heavy atom. The minimum absolute atomic E-state index is 0.144. The predicted molar refractivity (Wildman–Crippen MR) is 209 cm³/mol. The summed E-state index contributed by atoms with van der Waals surface area (Å²) >= 11 is 0. The maximum Gasteiger partial charge on any atom is 0.306 e. The van der Waals surface area contributed by atoms with Gasteiger partial charge in [0.05, 0.1) is 40.3 Å². The molecule has 0 aliphatic heterocycles. The van der Waals surface area contributed by atoms with Crippen molar-refractivity contribution in [3.05, 3.63) is 36.5 Å². The second-order valence-electron chi connectivity index (χ2n) is 14.9. The van der Waals surface area contributed by atoms with E-state index in [0.717, 1.165) is 70.6 Å². The lowest BCUT2D eigenvalue weighted by Crippen LogP contribution is -2.44. The molecule has 9 heteroatoms. The SMILES string of the molecule is CC/C=C\C/C=C\C/C=C\CCCCCCCC(=O)OC(COC(=O)CCCCCCCCCCCCCC)COC(OCC[N+](C)(C)C)C(=O)[O-]. The van der Waals surface area contributed by atoms with E-state index >= 15 is 0 Å². The first kappa shape index (κ1) is 49.5. The van der Waals surface area contributed by atoms with Crippen LogP contribution in [0.2, 0.25) is 0 Å². The summed E-state index contributed by atoms with van der Waals surface area (Å²) in [4.78, 5) is 36.8. The third kappa shape index (κ3) is 35.9. The van der Waals surface area contributed by atoms with E-state index in [0.29, 0.717) is 23.9 Å². The summed E-state index contributed by atoms with van der Waals surface area (Å²) in [6.07, 6.45) is 34.6. The van der Waals surface area contributed by atoms with E-state index in [1.807, 2.05) is 21.1 Å². The van der Waals surface area contributed by atoms with Crippen LogP contribution in [0.5, 0.6) is 0 Å². The number of hydrogen-bond acceptors (Lipinski definition) is 8. The summed E-state index contributed by atoms with van der Waals surface area (Å²) in [5.41, 5.74) is 0. The van der Waals surface area contributed by atoms with E-state index in [1.54, 1.807) is 0 Å². The number of unbranched alkanes of at least 4 members (excludes halogenated alkanes) is 16. The first-order valence-corrected chi connectivity index (χ1v) is 20.6. The molecule has 0 aromatic carbocycles. The normalized spacial score (nSPS) is 13.3. The summed E-state index contributed by atoms with van der Waals surface area (Å²) < 4.78 is 22.5. The Morgan fingerprint density at radius 1 is 0.596 bits per heavy atom. The minimum Gasteiger partial charge on any atom is -0.545 e. The van der Waals surface area contributed by atoms with Gasteiger partial charge in [0.25, 0.3) is 0 Å². The van der Waals surface area contributed by atoms with E-state index in [1.165, 1.54) is 57.8 Å². The van der Waals surface area contributed by atoms with Crippen molar-refractivity contribution in [2.24, 2.45) is 0 Å². The monoisotopic (exact) mass is 736 g/mol. The molecule has 0 bridgehead atoms. The zero-order valence-electron chi connectivity index (χ0n) is 33.9. The highest BCUT2D eigenvalue weighted by Crippen LogP contribution is 2.14. The van der Waals surface area contributed by atoms with Gasteiger partial charge in [0.15, 0.2) is 12.4 Å². The van der Waals surface area contributed by atoms with Crippen LogP contribution in [0.3, 0.4) is 0 Å². The van der Waals surface area contributed by atoms with Gasteiger partial charge in [-0.3, -0.25) is 9.59 Å². The molecule has 0 saturated heterocycles. The summed E-state index contributed by atoms with van der Waals surface area (Å²) in [5.74, 6) is -2.31. The van der Waals surface area contributed by atoms with Gasteiger partial charge in [-0.2, -0.15) is 0 Å². The lowest BCUT2D eigenvalue weighted by molar-refractivity contribution is -0.870. The van der Waals surface area contributed by atoms with Crippen LogP contribution in [0.15, 0.2) is 36.5 Å². The molecule has 0 rings (SSSR count). The number of esters is 2. The van der Waals surface area contributed by atoms with Gasteiger partial charge in [-0.15, -0.1) is 0 Å². The van der Waals surface area contributed by atoms with Crippen molar-refractivity contribution in [3.63, 3.8) is 0 Å². The number of carbonyl (C=O) groups is 3. The fourth-order valence-corrected chi connectivity index (χ4v) is 5.43. The van der Waals surface area contributed by atoms with Crippen LogP contribution >= 0.6 is 0 Å². The van der Waals surface area contributed by atoms with E-state index in [2.05, 4.69) is 50.3 Å². The van der Waals surface area contributed by atoms with Gasteiger partial charge in [-0.1, -0.05) is 140 Å². The fraction of sp³-hybridized carbons (Fsp3) is 0.791. The highest BCUT2D eigenvalue weighted by molar-refractivity contribution is 5.70. The van der Waals surface area contributed by atoms with Crippen molar-refractivity contribution in [3.8, 4) is 0 Å². The number of quaternary nitrogens is 1. The molecule has 9 nitrogen and oxygen atoms in total. The van der Waals surface area contributed by atoms with Crippen LogP contribution in [0.4, 0.5) is 0 Å². The molecule has 0 spiro atoms. The van der Waals surface area contributed by atoms with Crippen LogP contribution < -0.4 is 5.11 Å². The van der Waals surface area contributed by atoms with Crippen molar-refractivity contribution in [1.82, 2.24) is 0 Å². The topological polar surface area (TPSA) is 111 Å². The van der Waals surface area contributed by atoms with E-state index in [4.69, 9.17) is 18.9 Å². The Hall–Kier alpha value is -2.49. The van der Waals surface area contributed by atoms with Crippen LogP contribution in [-0.2, 0) is 33.3 Å². The second-order valence-corrected chi connectivity index (χ2v) is 14.9. The van der Waals surface area contributed by atoms with Gasteiger partial charge in [0, 0.05) is 12.8 Å². The number of allylic oxidation sites excluding steroid dienone is 6. The zero-order chi connectivity index (χ0) is 38.5. The van der Waals surface area contributed by atoms with E-state index < -0.39 is 24.3 Å². The number of likely N-dealkylation sites (N-methyl/N-ethyl adjacent to an activating group) is 1. The molecule has 0 amide bonds. The zero-order valence-corrected chi connectivity index (χ0v) is 33.9. The molecule has 2 atom stereocenters. The van der Waals surface area contributed by atoms with Gasteiger partial charge in [0.2, 0.25) is 0 Å². The van der Waals surface area contributed by atoms with Crippen LogP contribution in [-0.4, -0.2) is 82.3 Å². The third-order valence-electron chi connectivity index (χ3n) is 8.65. The quantitative estimate of drug-likeness (QED) is 0.0205. The highest BCUT2D eigenvalue weighted by Gasteiger charge is 2.21. The van der Waals surface area contributed by atoms with Gasteiger partial charge < -0.3 is 33.3 Å². The van der Waals surface area contributed by atoms with Crippen LogP contribution in [0, 0.1) is 0 Å². The van der Waals surface area contributed by atoms with E-state index in [-0.39, 0.29) is 32.2 Å². The predicted octanol–water partition coefficient (Wildman–Crippen LogP) is 8.94. The number of aliphatic carboxylic acids is 1. The first-order valence-electron chi connectivity index (χ1n) is 20.6. The number of rotatable bonds is 37.